The van der Waals surface area contributed by atoms with Gasteiger partial charge < -0.3 is 19.3 Å². The predicted molar refractivity (Wildman–Crippen MR) is 170 cm³/mol. The fourth-order valence-corrected chi connectivity index (χ4v) is 8.01. The topological polar surface area (TPSA) is 93.2 Å². The standard InChI is InChI=1S/C32H43FN2O6S2/c1-7-10-16-32(17-11-8-2)21-35(24-14-12-23(13-15-24)30(36)34(4)5)26-18-28(42-6)27(19-29(26)43(38,39)22-32)41-20-25(33)31(37)40-9-3/h12-15,18-20H,7-11,16-17,21-22H2,1-6H3/b25-20-. The molecule has 0 fully saturated rings. The maximum Gasteiger partial charge on any atom is 0.370 e. The number of anilines is 2. The van der Waals surface area contributed by atoms with Crippen LogP contribution in [0.4, 0.5) is 15.8 Å². The smallest absolute Gasteiger partial charge is 0.370 e. The summed E-state index contributed by atoms with van der Waals surface area (Å²) in [7, 11) is -0.442. The van der Waals surface area contributed by atoms with E-state index in [9.17, 15) is 22.4 Å². The van der Waals surface area contributed by atoms with Crippen molar-refractivity contribution in [1.29, 1.82) is 0 Å². The van der Waals surface area contributed by atoms with E-state index >= 15 is 0 Å². The second-order valence-corrected chi connectivity index (χ2v) is 13.9. The van der Waals surface area contributed by atoms with E-state index in [1.54, 1.807) is 39.2 Å². The minimum Gasteiger partial charge on any atom is -0.461 e. The highest BCUT2D eigenvalue weighted by Gasteiger charge is 2.42. The molecule has 0 atom stereocenters. The van der Waals surface area contributed by atoms with Crippen LogP contribution in [-0.2, 0) is 19.4 Å². The molecule has 236 valence electrons. The number of carbonyl (C=O) groups is 2. The number of hydrogen-bond acceptors (Lipinski definition) is 8. The van der Waals surface area contributed by atoms with E-state index in [2.05, 4.69) is 18.6 Å². The second kappa shape index (κ2) is 15.1. The minimum atomic E-state index is -3.83. The molecule has 0 bridgehead atoms. The van der Waals surface area contributed by atoms with Gasteiger partial charge in [-0.05, 0) is 56.4 Å². The molecule has 0 spiro atoms. The summed E-state index contributed by atoms with van der Waals surface area (Å²) >= 11 is 1.32. The van der Waals surface area contributed by atoms with E-state index in [-0.39, 0.29) is 28.9 Å². The molecule has 11 heteroatoms. The van der Waals surface area contributed by atoms with Gasteiger partial charge in [0.1, 0.15) is 12.0 Å². The van der Waals surface area contributed by atoms with Crippen LogP contribution in [0.1, 0.15) is 69.7 Å². The molecule has 1 amide bonds. The van der Waals surface area contributed by atoms with Gasteiger partial charge in [0, 0.05) is 43.4 Å². The zero-order valence-corrected chi connectivity index (χ0v) is 27.6. The van der Waals surface area contributed by atoms with Crippen LogP contribution in [0.5, 0.6) is 5.75 Å². The van der Waals surface area contributed by atoms with Crippen molar-refractivity contribution in [3.8, 4) is 5.75 Å². The molecule has 0 radical (unpaired) electrons. The molecule has 0 unspecified atom stereocenters. The van der Waals surface area contributed by atoms with Gasteiger partial charge in [-0.2, -0.15) is 4.39 Å². The van der Waals surface area contributed by atoms with Crippen LogP contribution in [0.2, 0.25) is 0 Å². The molecule has 0 saturated carbocycles. The number of fused-ring (bicyclic) bond motifs is 1. The van der Waals surface area contributed by atoms with E-state index in [1.165, 1.54) is 22.7 Å². The van der Waals surface area contributed by atoms with E-state index in [4.69, 9.17) is 4.74 Å². The number of amides is 1. The predicted octanol–water partition coefficient (Wildman–Crippen LogP) is 7.16. The van der Waals surface area contributed by atoms with Gasteiger partial charge in [0.05, 0.1) is 27.8 Å². The number of benzene rings is 2. The Labute approximate surface area is 259 Å². The Kier molecular flexibility index (Phi) is 12.1. The average molecular weight is 635 g/mol. The number of nitrogens with zero attached hydrogens (tertiary/aromatic N) is 2. The lowest BCUT2D eigenvalue weighted by Crippen LogP contribution is -2.38. The Morgan fingerprint density at radius 2 is 1.70 bits per heavy atom. The lowest BCUT2D eigenvalue weighted by molar-refractivity contribution is -0.140. The lowest BCUT2D eigenvalue weighted by atomic mass is 9.79. The Morgan fingerprint density at radius 3 is 2.23 bits per heavy atom. The molecule has 0 N–H and O–H groups in total. The molecular weight excluding hydrogens is 591 g/mol. The summed E-state index contributed by atoms with van der Waals surface area (Å²) < 4.78 is 53.0. The minimum absolute atomic E-state index is 0.00513. The normalized spacial score (nSPS) is 15.8. The van der Waals surface area contributed by atoms with E-state index < -0.39 is 27.0 Å². The summed E-state index contributed by atoms with van der Waals surface area (Å²) in [6.07, 6.45) is 7.61. The Morgan fingerprint density at radius 1 is 1.07 bits per heavy atom. The molecule has 8 nitrogen and oxygen atoms in total. The summed E-state index contributed by atoms with van der Waals surface area (Å²) in [6.45, 7) is 6.25. The SMILES string of the molecule is CCCCC1(CCCC)CN(c2ccc(C(=O)N(C)C)cc2)c2cc(SC)c(O/C=C(\F)C(=O)OCC)cc2S(=O)(=O)C1. The van der Waals surface area contributed by atoms with Gasteiger partial charge in [-0.15, -0.1) is 11.8 Å². The number of rotatable bonds is 13. The van der Waals surface area contributed by atoms with Crippen LogP contribution < -0.4 is 9.64 Å². The van der Waals surface area contributed by atoms with Crippen molar-refractivity contribution >= 4 is 44.9 Å². The fraction of sp³-hybridized carbons (Fsp3) is 0.500. The maximum absolute atomic E-state index is 14.3. The van der Waals surface area contributed by atoms with Crippen molar-refractivity contribution in [2.45, 2.75) is 69.1 Å². The average Bonchev–Trinajstić information content (AvgIpc) is 3.08. The van der Waals surface area contributed by atoms with Gasteiger partial charge in [-0.1, -0.05) is 39.5 Å². The van der Waals surface area contributed by atoms with Crippen molar-refractivity contribution in [3.63, 3.8) is 0 Å². The summed E-state index contributed by atoms with van der Waals surface area (Å²) in [4.78, 5) is 28.5. The number of unbranched alkanes of at least 4 members (excludes halogenated alkanes) is 2. The second-order valence-electron chi connectivity index (χ2n) is 11.1. The van der Waals surface area contributed by atoms with Crippen molar-refractivity contribution in [3.05, 3.63) is 54.1 Å². The molecule has 2 aromatic carbocycles. The van der Waals surface area contributed by atoms with Crippen LogP contribution in [0.15, 0.2) is 58.3 Å². The molecule has 43 heavy (non-hydrogen) atoms. The zero-order valence-electron chi connectivity index (χ0n) is 25.9. The van der Waals surface area contributed by atoms with Crippen LogP contribution in [0, 0.1) is 5.41 Å². The monoisotopic (exact) mass is 634 g/mol. The highest BCUT2D eigenvalue weighted by atomic mass is 32.2. The molecule has 0 aromatic heterocycles. The highest BCUT2D eigenvalue weighted by molar-refractivity contribution is 7.98. The summed E-state index contributed by atoms with van der Waals surface area (Å²) in [5, 5.41) is 0. The van der Waals surface area contributed by atoms with Gasteiger partial charge in [-0.25, -0.2) is 13.2 Å². The first-order chi connectivity index (χ1) is 20.4. The van der Waals surface area contributed by atoms with Crippen LogP contribution in [0.25, 0.3) is 0 Å². The Bertz CT molecular complexity index is 1420. The number of carbonyl (C=O) groups excluding carboxylic acids is 2. The molecule has 1 heterocycles. The molecule has 1 aliphatic heterocycles. The van der Waals surface area contributed by atoms with E-state index in [1.807, 2.05) is 23.3 Å². The van der Waals surface area contributed by atoms with Crippen LogP contribution in [0.3, 0.4) is 0 Å². The summed E-state index contributed by atoms with van der Waals surface area (Å²) in [5.41, 5.74) is 1.27. The molecule has 0 aliphatic carbocycles. The molecular formula is C32H43FN2O6S2. The van der Waals surface area contributed by atoms with Gasteiger partial charge in [0.15, 0.2) is 9.84 Å². The third-order valence-corrected chi connectivity index (χ3v) is 10.3. The number of sulfone groups is 1. The number of thioether (sulfide) groups is 1. The zero-order chi connectivity index (χ0) is 31.8. The third kappa shape index (κ3) is 8.32. The van der Waals surface area contributed by atoms with Crippen LogP contribution in [-0.4, -0.2) is 64.4 Å². The lowest BCUT2D eigenvalue weighted by Gasteiger charge is -2.37. The van der Waals surface area contributed by atoms with Crippen molar-refractivity contribution in [2.24, 2.45) is 5.41 Å². The molecule has 3 rings (SSSR count). The fourth-order valence-electron chi connectivity index (χ4n) is 5.36. The first-order valence-electron chi connectivity index (χ1n) is 14.7. The largest absolute Gasteiger partial charge is 0.461 e. The van der Waals surface area contributed by atoms with Crippen molar-refractivity contribution in [1.82, 2.24) is 4.90 Å². The molecule has 2 aromatic rings. The van der Waals surface area contributed by atoms with Gasteiger partial charge in [0.2, 0.25) is 5.83 Å². The number of halogens is 1. The van der Waals surface area contributed by atoms with Crippen LogP contribution >= 0.6 is 11.8 Å². The molecule has 0 saturated heterocycles. The van der Waals surface area contributed by atoms with E-state index in [0.717, 1.165) is 44.2 Å². The van der Waals surface area contributed by atoms with Gasteiger partial charge in [0.25, 0.3) is 5.91 Å². The van der Waals surface area contributed by atoms with Gasteiger partial charge >= 0.3 is 5.97 Å². The highest BCUT2D eigenvalue weighted by Crippen LogP contribution is 2.48. The van der Waals surface area contributed by atoms with Crippen molar-refractivity contribution in [2.75, 3.05) is 44.2 Å². The Balaban J connectivity index is 2.23. The maximum atomic E-state index is 14.3. The molecule has 1 aliphatic rings. The quantitative estimate of drug-likeness (QED) is 0.0993. The summed E-state index contributed by atoms with van der Waals surface area (Å²) in [5.74, 6) is -2.42. The van der Waals surface area contributed by atoms with Crippen molar-refractivity contribution < 1.29 is 31.9 Å². The number of hydrogen-bond donors (Lipinski definition) is 0. The summed E-state index contributed by atoms with van der Waals surface area (Å²) in [6, 6.07) is 10.4. The Hall–Kier alpha value is -3.05. The number of ether oxygens (including phenoxy) is 2. The van der Waals surface area contributed by atoms with Gasteiger partial charge in [-0.3, -0.25) is 4.79 Å². The van der Waals surface area contributed by atoms with E-state index in [0.29, 0.717) is 29.0 Å². The number of esters is 1. The first-order valence-corrected chi connectivity index (χ1v) is 17.5. The first kappa shape index (κ1) is 34.4. The third-order valence-electron chi connectivity index (χ3n) is 7.57.